The molecule has 1 aliphatic heterocycles. The van der Waals surface area contributed by atoms with Crippen LogP contribution >= 0.6 is 11.6 Å². The number of piperazine rings is 1. The zero-order chi connectivity index (χ0) is 17.7. The highest BCUT2D eigenvalue weighted by Crippen LogP contribution is 2.14. The van der Waals surface area contributed by atoms with Gasteiger partial charge in [0, 0.05) is 43.2 Å². The van der Waals surface area contributed by atoms with Crippen LogP contribution in [0.3, 0.4) is 0 Å². The Morgan fingerprint density at radius 1 is 1.17 bits per heavy atom. The van der Waals surface area contributed by atoms with E-state index in [0.717, 1.165) is 24.7 Å². The normalized spacial score (nSPS) is 16.1. The molecule has 1 heterocycles. The van der Waals surface area contributed by atoms with Crippen molar-refractivity contribution in [2.24, 2.45) is 5.41 Å². The van der Waals surface area contributed by atoms with Gasteiger partial charge in [-0.05, 0) is 17.7 Å². The molecule has 5 nitrogen and oxygen atoms in total. The number of nitrogens with one attached hydrogen (secondary N) is 1. The molecule has 2 amide bonds. The first kappa shape index (κ1) is 18.7. The second-order valence-electron chi connectivity index (χ2n) is 7.22. The SMILES string of the molecule is CC(C)(C)C(=O)NCC(=O)N1CCN(Cc2cccc(Cl)c2)CC1. The molecule has 2 rings (SSSR count). The van der Waals surface area contributed by atoms with Crippen LogP contribution in [0.2, 0.25) is 5.02 Å². The largest absolute Gasteiger partial charge is 0.347 e. The Bertz CT molecular complexity index is 590. The molecule has 0 atom stereocenters. The van der Waals surface area contributed by atoms with E-state index in [1.54, 1.807) is 0 Å². The fourth-order valence-corrected chi connectivity index (χ4v) is 2.79. The van der Waals surface area contributed by atoms with E-state index in [4.69, 9.17) is 11.6 Å². The summed E-state index contributed by atoms with van der Waals surface area (Å²) < 4.78 is 0. The van der Waals surface area contributed by atoms with Crippen molar-refractivity contribution in [3.8, 4) is 0 Å². The van der Waals surface area contributed by atoms with E-state index in [2.05, 4.69) is 16.3 Å². The number of rotatable bonds is 4. The van der Waals surface area contributed by atoms with Gasteiger partial charge in [-0.25, -0.2) is 0 Å². The number of nitrogens with zero attached hydrogens (tertiary/aromatic N) is 2. The molecule has 24 heavy (non-hydrogen) atoms. The van der Waals surface area contributed by atoms with Crippen molar-refractivity contribution in [2.75, 3.05) is 32.7 Å². The molecular weight excluding hydrogens is 326 g/mol. The third-order valence-electron chi connectivity index (χ3n) is 4.10. The summed E-state index contributed by atoms with van der Waals surface area (Å²) in [6.07, 6.45) is 0. The van der Waals surface area contributed by atoms with Gasteiger partial charge in [0.2, 0.25) is 11.8 Å². The van der Waals surface area contributed by atoms with Crippen LogP contribution in [-0.2, 0) is 16.1 Å². The van der Waals surface area contributed by atoms with E-state index in [1.807, 2.05) is 43.9 Å². The first-order valence-electron chi connectivity index (χ1n) is 8.28. The lowest BCUT2D eigenvalue weighted by Gasteiger charge is -2.35. The quantitative estimate of drug-likeness (QED) is 0.904. The first-order chi connectivity index (χ1) is 11.3. The van der Waals surface area contributed by atoms with Gasteiger partial charge in [-0.3, -0.25) is 14.5 Å². The number of carbonyl (C=O) groups excluding carboxylic acids is 2. The highest BCUT2D eigenvalue weighted by Gasteiger charge is 2.24. The first-order valence-corrected chi connectivity index (χ1v) is 8.66. The summed E-state index contributed by atoms with van der Waals surface area (Å²) in [4.78, 5) is 28.2. The maximum Gasteiger partial charge on any atom is 0.242 e. The van der Waals surface area contributed by atoms with Crippen LogP contribution in [-0.4, -0.2) is 54.3 Å². The van der Waals surface area contributed by atoms with Gasteiger partial charge >= 0.3 is 0 Å². The summed E-state index contributed by atoms with van der Waals surface area (Å²) in [5, 5.41) is 3.46. The zero-order valence-corrected chi connectivity index (χ0v) is 15.4. The molecule has 132 valence electrons. The second kappa shape index (κ2) is 7.99. The third-order valence-corrected chi connectivity index (χ3v) is 4.34. The summed E-state index contributed by atoms with van der Waals surface area (Å²) >= 11 is 6.01. The summed E-state index contributed by atoms with van der Waals surface area (Å²) in [5.74, 6) is -0.120. The molecule has 1 fully saturated rings. The van der Waals surface area contributed by atoms with Crippen molar-refractivity contribution < 1.29 is 9.59 Å². The van der Waals surface area contributed by atoms with Crippen LogP contribution in [0.4, 0.5) is 0 Å². The van der Waals surface area contributed by atoms with Crippen molar-refractivity contribution in [2.45, 2.75) is 27.3 Å². The predicted octanol–water partition coefficient (Wildman–Crippen LogP) is 2.15. The van der Waals surface area contributed by atoms with Crippen molar-refractivity contribution in [3.05, 3.63) is 34.9 Å². The van der Waals surface area contributed by atoms with Gasteiger partial charge in [0.05, 0.1) is 6.54 Å². The maximum absolute atomic E-state index is 12.2. The van der Waals surface area contributed by atoms with Gasteiger partial charge in [-0.15, -0.1) is 0 Å². The molecule has 1 aromatic rings. The van der Waals surface area contributed by atoms with Gasteiger partial charge in [0.15, 0.2) is 0 Å². The van der Waals surface area contributed by atoms with E-state index in [9.17, 15) is 9.59 Å². The zero-order valence-electron chi connectivity index (χ0n) is 14.6. The highest BCUT2D eigenvalue weighted by molar-refractivity contribution is 6.30. The smallest absolute Gasteiger partial charge is 0.242 e. The average Bonchev–Trinajstić information content (AvgIpc) is 2.52. The van der Waals surface area contributed by atoms with Gasteiger partial charge in [0.25, 0.3) is 0 Å². The topological polar surface area (TPSA) is 52.7 Å². The van der Waals surface area contributed by atoms with Crippen molar-refractivity contribution in [3.63, 3.8) is 0 Å². The minimum absolute atomic E-state index is 0.0185. The summed E-state index contributed by atoms with van der Waals surface area (Å²) in [5.41, 5.74) is 0.704. The molecule has 1 saturated heterocycles. The summed E-state index contributed by atoms with van der Waals surface area (Å²) in [6.45, 7) is 9.44. The molecule has 0 unspecified atom stereocenters. The molecule has 6 heteroatoms. The van der Waals surface area contributed by atoms with Crippen LogP contribution in [0.15, 0.2) is 24.3 Å². The molecule has 0 saturated carbocycles. The van der Waals surface area contributed by atoms with Crippen LogP contribution in [0.5, 0.6) is 0 Å². The molecular formula is C18H26ClN3O2. The maximum atomic E-state index is 12.2. The lowest BCUT2D eigenvalue weighted by Crippen LogP contribution is -2.51. The molecule has 0 radical (unpaired) electrons. The lowest BCUT2D eigenvalue weighted by molar-refractivity contribution is -0.136. The number of hydrogen-bond donors (Lipinski definition) is 1. The Morgan fingerprint density at radius 2 is 1.83 bits per heavy atom. The number of benzene rings is 1. The Hall–Kier alpha value is -1.59. The van der Waals surface area contributed by atoms with Crippen molar-refractivity contribution in [1.29, 1.82) is 0 Å². The van der Waals surface area contributed by atoms with E-state index in [1.165, 1.54) is 5.56 Å². The Balaban J connectivity index is 1.76. The summed E-state index contributed by atoms with van der Waals surface area (Å²) in [7, 11) is 0. The van der Waals surface area contributed by atoms with E-state index in [0.29, 0.717) is 13.1 Å². The van der Waals surface area contributed by atoms with E-state index in [-0.39, 0.29) is 18.4 Å². The number of carbonyl (C=O) groups is 2. The van der Waals surface area contributed by atoms with Crippen molar-refractivity contribution >= 4 is 23.4 Å². The molecule has 1 aromatic carbocycles. The fraction of sp³-hybridized carbons (Fsp3) is 0.556. The highest BCUT2D eigenvalue weighted by atomic mass is 35.5. The lowest BCUT2D eigenvalue weighted by atomic mass is 9.96. The van der Waals surface area contributed by atoms with Gasteiger partial charge < -0.3 is 10.2 Å². The Labute approximate surface area is 149 Å². The Kier molecular flexibility index (Phi) is 6.24. The molecule has 0 spiro atoms. The summed E-state index contributed by atoms with van der Waals surface area (Å²) in [6, 6.07) is 7.86. The van der Waals surface area contributed by atoms with Gasteiger partial charge in [0.1, 0.15) is 0 Å². The van der Waals surface area contributed by atoms with Gasteiger partial charge in [-0.2, -0.15) is 0 Å². The number of hydrogen-bond acceptors (Lipinski definition) is 3. The Morgan fingerprint density at radius 3 is 2.42 bits per heavy atom. The predicted molar refractivity (Wildman–Crippen MR) is 95.8 cm³/mol. The van der Waals surface area contributed by atoms with E-state index >= 15 is 0 Å². The van der Waals surface area contributed by atoms with Crippen LogP contribution in [0.25, 0.3) is 0 Å². The van der Waals surface area contributed by atoms with Crippen molar-refractivity contribution in [1.82, 2.24) is 15.1 Å². The molecule has 1 N–H and O–H groups in total. The standard InChI is InChI=1S/C18H26ClN3O2/c1-18(2,3)17(24)20-12-16(23)22-9-7-21(8-10-22)13-14-5-4-6-15(19)11-14/h4-6,11H,7-10,12-13H2,1-3H3,(H,20,24). The third kappa shape index (κ3) is 5.49. The number of amides is 2. The second-order valence-corrected chi connectivity index (χ2v) is 7.66. The van der Waals surface area contributed by atoms with Crippen LogP contribution < -0.4 is 5.32 Å². The van der Waals surface area contributed by atoms with Crippen LogP contribution in [0, 0.1) is 5.41 Å². The molecule has 0 bridgehead atoms. The molecule has 1 aliphatic rings. The van der Waals surface area contributed by atoms with E-state index < -0.39 is 5.41 Å². The van der Waals surface area contributed by atoms with Crippen LogP contribution in [0.1, 0.15) is 26.3 Å². The average molecular weight is 352 g/mol. The minimum atomic E-state index is -0.476. The fourth-order valence-electron chi connectivity index (χ4n) is 2.58. The van der Waals surface area contributed by atoms with Gasteiger partial charge in [-0.1, -0.05) is 44.5 Å². The monoisotopic (exact) mass is 351 g/mol. The minimum Gasteiger partial charge on any atom is -0.347 e. The molecule has 0 aromatic heterocycles. The number of halogens is 1. The molecule has 0 aliphatic carbocycles.